The van der Waals surface area contributed by atoms with Crippen LogP contribution in [0.15, 0.2) is 31.0 Å². The third-order valence-corrected chi connectivity index (χ3v) is 3.87. The predicted octanol–water partition coefficient (Wildman–Crippen LogP) is 2.70. The number of amides is 2. The van der Waals surface area contributed by atoms with Gasteiger partial charge in [-0.3, -0.25) is 10.4 Å². The predicted molar refractivity (Wildman–Crippen MR) is 87.0 cm³/mol. The van der Waals surface area contributed by atoms with Gasteiger partial charge in [-0.15, -0.1) is 6.58 Å². The fourth-order valence-corrected chi connectivity index (χ4v) is 2.85. The van der Waals surface area contributed by atoms with Gasteiger partial charge in [0.1, 0.15) is 10.3 Å². The second-order valence-electron chi connectivity index (χ2n) is 4.56. The van der Waals surface area contributed by atoms with Crippen molar-refractivity contribution in [1.82, 2.24) is 25.5 Å². The number of aromatic amines is 1. The molecule has 0 bridgehead atoms. The van der Waals surface area contributed by atoms with Crippen LogP contribution in [0.4, 0.5) is 9.93 Å². The Labute approximate surface area is 130 Å². The van der Waals surface area contributed by atoms with E-state index in [1.54, 1.807) is 12.3 Å². The summed E-state index contributed by atoms with van der Waals surface area (Å²) in [4.78, 5) is 21.3. The van der Waals surface area contributed by atoms with Gasteiger partial charge in [-0.1, -0.05) is 17.4 Å². The molecule has 22 heavy (non-hydrogen) atoms. The van der Waals surface area contributed by atoms with Gasteiger partial charge < -0.3 is 5.32 Å². The number of nitrogens with one attached hydrogen (secondary N) is 3. The van der Waals surface area contributed by atoms with Crippen LogP contribution in [0.25, 0.3) is 21.6 Å². The molecule has 0 aliphatic rings. The molecule has 3 aromatic heterocycles. The number of rotatable bonds is 4. The van der Waals surface area contributed by atoms with Crippen molar-refractivity contribution >= 4 is 32.8 Å². The Morgan fingerprint density at radius 1 is 1.50 bits per heavy atom. The molecule has 3 heterocycles. The average molecular weight is 314 g/mol. The molecule has 0 spiro atoms. The van der Waals surface area contributed by atoms with Gasteiger partial charge in [0.15, 0.2) is 5.13 Å². The number of hydrogen-bond donors (Lipinski definition) is 3. The highest BCUT2D eigenvalue weighted by Gasteiger charge is 2.12. The fourth-order valence-electron chi connectivity index (χ4n) is 1.99. The second kappa shape index (κ2) is 5.94. The van der Waals surface area contributed by atoms with Crippen molar-refractivity contribution in [3.8, 4) is 11.3 Å². The Hall–Kier alpha value is -2.74. The largest absolute Gasteiger partial charge is 0.334 e. The van der Waals surface area contributed by atoms with E-state index in [1.807, 2.05) is 19.1 Å². The Morgan fingerprint density at radius 3 is 3.09 bits per heavy atom. The summed E-state index contributed by atoms with van der Waals surface area (Å²) in [5, 5.41) is 12.7. The zero-order chi connectivity index (χ0) is 15.5. The number of H-pyrrole nitrogens is 1. The summed E-state index contributed by atoms with van der Waals surface area (Å²) in [5.74, 6) is 0. The van der Waals surface area contributed by atoms with Crippen LogP contribution in [0.3, 0.4) is 0 Å². The SMILES string of the molecule is C=CCNC(=O)Nc1nc2cc(-c3ccn[nH]3)c(C)nc2s1. The number of fused-ring (bicyclic) bond motifs is 1. The van der Waals surface area contributed by atoms with Crippen LogP contribution in [0.2, 0.25) is 0 Å². The molecule has 0 unspecified atom stereocenters. The van der Waals surface area contributed by atoms with Gasteiger partial charge >= 0.3 is 6.03 Å². The summed E-state index contributed by atoms with van der Waals surface area (Å²) >= 11 is 1.33. The Balaban J connectivity index is 1.90. The van der Waals surface area contributed by atoms with Crippen molar-refractivity contribution in [2.24, 2.45) is 0 Å². The minimum absolute atomic E-state index is 0.315. The number of urea groups is 1. The fraction of sp³-hybridized carbons (Fsp3) is 0.143. The number of aromatic nitrogens is 4. The summed E-state index contributed by atoms with van der Waals surface area (Å²) in [7, 11) is 0. The third-order valence-electron chi connectivity index (χ3n) is 2.99. The zero-order valence-corrected chi connectivity index (χ0v) is 12.7. The molecular formula is C14H14N6OS. The smallest absolute Gasteiger partial charge is 0.321 e. The molecule has 3 N–H and O–H groups in total. The lowest BCUT2D eigenvalue weighted by atomic mass is 10.1. The molecular weight excluding hydrogens is 300 g/mol. The maximum atomic E-state index is 11.6. The van der Waals surface area contributed by atoms with Crippen LogP contribution in [-0.4, -0.2) is 32.7 Å². The third kappa shape index (κ3) is 2.82. The van der Waals surface area contributed by atoms with Gasteiger partial charge in [0, 0.05) is 24.0 Å². The van der Waals surface area contributed by atoms with Crippen molar-refractivity contribution in [2.45, 2.75) is 6.92 Å². The minimum Gasteiger partial charge on any atom is -0.334 e. The molecule has 3 aromatic rings. The van der Waals surface area contributed by atoms with E-state index in [1.165, 1.54) is 11.3 Å². The lowest BCUT2D eigenvalue weighted by Crippen LogP contribution is -2.28. The molecule has 0 aliphatic heterocycles. The Bertz CT molecular complexity index is 823. The van der Waals surface area contributed by atoms with Gasteiger partial charge in [0.2, 0.25) is 0 Å². The van der Waals surface area contributed by atoms with Gasteiger partial charge in [0.25, 0.3) is 0 Å². The molecule has 0 radical (unpaired) electrons. The number of hydrogen-bond acceptors (Lipinski definition) is 5. The van der Waals surface area contributed by atoms with E-state index in [-0.39, 0.29) is 6.03 Å². The summed E-state index contributed by atoms with van der Waals surface area (Å²) < 4.78 is 0. The standard InChI is InChI=1S/C14H14N6OS/c1-3-5-15-13(21)19-14-18-11-7-9(10-4-6-16-20-10)8(2)17-12(11)22-14/h3-4,6-7H,1,5H2,2H3,(H,16,20)(H2,15,18,19,21). The highest BCUT2D eigenvalue weighted by atomic mass is 32.1. The van der Waals surface area contributed by atoms with Gasteiger partial charge in [0.05, 0.1) is 5.69 Å². The van der Waals surface area contributed by atoms with Gasteiger partial charge in [-0.2, -0.15) is 5.10 Å². The number of aryl methyl sites for hydroxylation is 1. The quantitative estimate of drug-likeness (QED) is 0.645. The molecule has 0 aliphatic carbocycles. The van der Waals surface area contributed by atoms with Crippen LogP contribution in [0.1, 0.15) is 5.69 Å². The molecule has 0 atom stereocenters. The van der Waals surface area contributed by atoms with E-state index in [2.05, 4.69) is 37.4 Å². The van der Waals surface area contributed by atoms with Crippen LogP contribution in [-0.2, 0) is 0 Å². The zero-order valence-electron chi connectivity index (χ0n) is 11.9. The van der Waals surface area contributed by atoms with E-state index in [0.717, 1.165) is 27.3 Å². The lowest BCUT2D eigenvalue weighted by molar-refractivity contribution is 0.253. The number of nitrogens with zero attached hydrogens (tertiary/aromatic N) is 3. The van der Waals surface area contributed by atoms with Crippen molar-refractivity contribution in [3.63, 3.8) is 0 Å². The van der Waals surface area contributed by atoms with Crippen LogP contribution >= 0.6 is 11.3 Å². The number of carbonyl (C=O) groups is 1. The second-order valence-corrected chi connectivity index (χ2v) is 5.54. The molecule has 0 fully saturated rings. The summed E-state index contributed by atoms with van der Waals surface area (Å²) in [6.45, 7) is 5.88. The maximum absolute atomic E-state index is 11.6. The molecule has 8 heteroatoms. The first-order valence-corrected chi connectivity index (χ1v) is 7.42. The number of pyridine rings is 1. The normalized spacial score (nSPS) is 10.6. The highest BCUT2D eigenvalue weighted by molar-refractivity contribution is 7.21. The summed E-state index contributed by atoms with van der Waals surface area (Å²) in [6.07, 6.45) is 3.30. The van der Waals surface area contributed by atoms with E-state index in [9.17, 15) is 4.79 Å². The van der Waals surface area contributed by atoms with E-state index in [4.69, 9.17) is 0 Å². The first-order valence-electron chi connectivity index (χ1n) is 6.61. The average Bonchev–Trinajstić information content (AvgIpc) is 3.12. The van der Waals surface area contributed by atoms with Crippen molar-refractivity contribution in [3.05, 3.63) is 36.7 Å². The summed E-state index contributed by atoms with van der Waals surface area (Å²) in [5.41, 5.74) is 3.44. The van der Waals surface area contributed by atoms with E-state index >= 15 is 0 Å². The molecule has 0 aromatic carbocycles. The minimum atomic E-state index is -0.315. The number of thiazole rings is 1. The van der Waals surface area contributed by atoms with Crippen LogP contribution in [0, 0.1) is 6.92 Å². The highest BCUT2D eigenvalue weighted by Crippen LogP contribution is 2.29. The number of anilines is 1. The first-order chi connectivity index (χ1) is 10.7. The summed E-state index contributed by atoms with van der Waals surface area (Å²) in [6, 6.07) is 3.50. The van der Waals surface area contributed by atoms with Crippen molar-refractivity contribution in [1.29, 1.82) is 0 Å². The molecule has 2 amide bonds. The van der Waals surface area contributed by atoms with Gasteiger partial charge in [-0.25, -0.2) is 14.8 Å². The Kier molecular flexibility index (Phi) is 3.84. The van der Waals surface area contributed by atoms with E-state index < -0.39 is 0 Å². The van der Waals surface area contributed by atoms with Crippen LogP contribution in [0.5, 0.6) is 0 Å². The number of carbonyl (C=O) groups excluding carboxylic acids is 1. The van der Waals surface area contributed by atoms with Gasteiger partial charge in [-0.05, 0) is 19.1 Å². The van der Waals surface area contributed by atoms with Crippen LogP contribution < -0.4 is 10.6 Å². The maximum Gasteiger partial charge on any atom is 0.321 e. The molecule has 7 nitrogen and oxygen atoms in total. The molecule has 0 saturated heterocycles. The molecule has 112 valence electrons. The first kappa shape index (κ1) is 14.2. The monoisotopic (exact) mass is 314 g/mol. The van der Waals surface area contributed by atoms with Crippen molar-refractivity contribution in [2.75, 3.05) is 11.9 Å². The molecule has 0 saturated carbocycles. The van der Waals surface area contributed by atoms with Crippen molar-refractivity contribution < 1.29 is 4.79 Å². The topological polar surface area (TPSA) is 95.6 Å². The lowest BCUT2D eigenvalue weighted by Gasteiger charge is -2.01. The van der Waals surface area contributed by atoms with E-state index in [0.29, 0.717) is 11.7 Å². The molecule has 3 rings (SSSR count). The Morgan fingerprint density at radius 2 is 2.36 bits per heavy atom.